The van der Waals surface area contributed by atoms with E-state index in [1.165, 1.54) is 4.57 Å². The first-order valence-electron chi connectivity index (χ1n) is 11.7. The van der Waals surface area contributed by atoms with E-state index < -0.39 is 22.7 Å². The molecule has 7 nitrogen and oxygen atoms in total. The van der Waals surface area contributed by atoms with E-state index in [-0.39, 0.29) is 55.3 Å². The number of halogens is 3. The summed E-state index contributed by atoms with van der Waals surface area (Å²) in [6, 6.07) is 1.69. The molecule has 10 heteroatoms. The minimum atomic E-state index is -4.61. The standard InChI is InChI=1S/C24H32F3N3O4/c1-15(2)23(6-4-17(12-23)28-19-5-9-34-14-20(19)33-3)22(32)29-7-8-30-18(13-29)10-16(11-21(30)31)24(25,26)27/h4,6,10-11,15,17,19-20,28H,5,7-9,12-14H2,1-3H3/t17-,19?,20+,23+/m1/s1. The Labute approximate surface area is 196 Å². The lowest BCUT2D eigenvalue weighted by Crippen LogP contribution is -2.53. The number of methoxy groups -OCH3 is 1. The third-order valence-electron chi connectivity index (χ3n) is 7.42. The SMILES string of the molecule is CO[C@H]1COCCC1N[C@@H]1C=C[C@@](C(=O)N2CCn3c(cc(C(F)(F)F)cc3=O)C2)(C(C)C)C1. The molecule has 1 aromatic rings. The van der Waals surface area contributed by atoms with Crippen LogP contribution >= 0.6 is 0 Å². The average molecular weight is 484 g/mol. The molecule has 1 amide bonds. The number of rotatable bonds is 5. The Kier molecular flexibility index (Phi) is 6.94. The third kappa shape index (κ3) is 4.67. The molecule has 3 heterocycles. The van der Waals surface area contributed by atoms with Crippen molar-refractivity contribution in [2.24, 2.45) is 11.3 Å². The molecule has 1 aliphatic carbocycles. The van der Waals surface area contributed by atoms with Crippen LogP contribution in [0.3, 0.4) is 0 Å². The molecule has 3 aliphatic rings. The van der Waals surface area contributed by atoms with Crippen LogP contribution in [-0.2, 0) is 33.5 Å². The van der Waals surface area contributed by atoms with E-state index in [0.29, 0.717) is 25.7 Å². The lowest BCUT2D eigenvalue weighted by atomic mass is 9.74. The van der Waals surface area contributed by atoms with Crippen LogP contribution in [0.4, 0.5) is 13.2 Å². The number of carbonyl (C=O) groups is 1. The Balaban J connectivity index is 1.52. The number of pyridine rings is 1. The highest BCUT2D eigenvalue weighted by molar-refractivity contribution is 5.86. The molecule has 1 unspecified atom stereocenters. The van der Waals surface area contributed by atoms with Gasteiger partial charge in [-0.05, 0) is 24.8 Å². The van der Waals surface area contributed by atoms with Gasteiger partial charge in [0.05, 0.1) is 30.2 Å². The van der Waals surface area contributed by atoms with Gasteiger partial charge in [0, 0.05) is 50.7 Å². The van der Waals surface area contributed by atoms with Gasteiger partial charge in [0.25, 0.3) is 5.56 Å². The van der Waals surface area contributed by atoms with Gasteiger partial charge >= 0.3 is 6.18 Å². The van der Waals surface area contributed by atoms with Gasteiger partial charge in [0.1, 0.15) is 0 Å². The molecule has 1 fully saturated rings. The van der Waals surface area contributed by atoms with Crippen LogP contribution in [0.15, 0.2) is 29.1 Å². The molecular formula is C24H32F3N3O4. The molecule has 188 valence electrons. The monoisotopic (exact) mass is 483 g/mol. The van der Waals surface area contributed by atoms with Crippen LogP contribution < -0.4 is 10.9 Å². The van der Waals surface area contributed by atoms with E-state index in [1.807, 2.05) is 26.0 Å². The molecule has 0 saturated carbocycles. The van der Waals surface area contributed by atoms with Crippen molar-refractivity contribution in [1.29, 1.82) is 0 Å². The van der Waals surface area contributed by atoms with Crippen molar-refractivity contribution < 1.29 is 27.4 Å². The minimum Gasteiger partial charge on any atom is -0.379 e. The van der Waals surface area contributed by atoms with E-state index in [0.717, 1.165) is 12.5 Å². The molecule has 34 heavy (non-hydrogen) atoms. The zero-order valence-electron chi connectivity index (χ0n) is 19.7. The van der Waals surface area contributed by atoms with Gasteiger partial charge < -0.3 is 24.3 Å². The zero-order chi connectivity index (χ0) is 24.7. The summed E-state index contributed by atoms with van der Waals surface area (Å²) in [6.45, 7) is 5.57. The lowest BCUT2D eigenvalue weighted by molar-refractivity contribution is -0.143. The fourth-order valence-corrected chi connectivity index (χ4v) is 5.31. The smallest absolute Gasteiger partial charge is 0.379 e. The molecule has 1 aromatic heterocycles. The van der Waals surface area contributed by atoms with E-state index in [4.69, 9.17) is 9.47 Å². The summed E-state index contributed by atoms with van der Waals surface area (Å²) >= 11 is 0. The van der Waals surface area contributed by atoms with Crippen LogP contribution in [0.5, 0.6) is 0 Å². The Morgan fingerprint density at radius 3 is 2.74 bits per heavy atom. The Morgan fingerprint density at radius 1 is 1.29 bits per heavy atom. The molecule has 1 N–H and O–H groups in total. The molecule has 4 rings (SSSR count). The van der Waals surface area contributed by atoms with Crippen LogP contribution in [0.2, 0.25) is 0 Å². The van der Waals surface area contributed by atoms with Crippen LogP contribution in [0, 0.1) is 11.3 Å². The van der Waals surface area contributed by atoms with Gasteiger partial charge in [-0.15, -0.1) is 0 Å². The molecule has 4 atom stereocenters. The van der Waals surface area contributed by atoms with E-state index >= 15 is 0 Å². The van der Waals surface area contributed by atoms with E-state index in [2.05, 4.69) is 5.32 Å². The number of alkyl halides is 3. The number of amides is 1. The second-order valence-corrected chi connectivity index (χ2v) is 9.73. The number of aromatic nitrogens is 1. The molecule has 2 aliphatic heterocycles. The summed E-state index contributed by atoms with van der Waals surface area (Å²) in [5.74, 6) is -0.129. The van der Waals surface area contributed by atoms with Crippen molar-refractivity contribution in [3.63, 3.8) is 0 Å². The van der Waals surface area contributed by atoms with Crippen molar-refractivity contribution in [2.45, 2.75) is 64.1 Å². The topological polar surface area (TPSA) is 72.8 Å². The maximum atomic E-state index is 13.8. The highest BCUT2D eigenvalue weighted by Gasteiger charge is 2.47. The number of hydrogen-bond donors (Lipinski definition) is 1. The fraction of sp³-hybridized carbons (Fsp3) is 0.667. The first-order valence-corrected chi connectivity index (χ1v) is 11.7. The van der Waals surface area contributed by atoms with Crippen molar-refractivity contribution in [2.75, 3.05) is 26.9 Å². The normalized spacial score (nSPS) is 29.5. The quantitative estimate of drug-likeness (QED) is 0.652. The maximum Gasteiger partial charge on any atom is 0.416 e. The number of ether oxygens (including phenoxy) is 2. The minimum absolute atomic E-state index is 0.0124. The largest absolute Gasteiger partial charge is 0.416 e. The number of fused-ring (bicyclic) bond motifs is 1. The van der Waals surface area contributed by atoms with Gasteiger partial charge in [-0.25, -0.2) is 0 Å². The predicted molar refractivity (Wildman–Crippen MR) is 119 cm³/mol. The number of carbonyl (C=O) groups excluding carboxylic acids is 1. The van der Waals surface area contributed by atoms with Gasteiger partial charge in [-0.1, -0.05) is 26.0 Å². The maximum absolute atomic E-state index is 13.8. The summed E-state index contributed by atoms with van der Waals surface area (Å²) in [7, 11) is 1.66. The van der Waals surface area contributed by atoms with Gasteiger partial charge in [-0.2, -0.15) is 13.2 Å². The third-order valence-corrected chi connectivity index (χ3v) is 7.42. The molecular weight excluding hydrogens is 451 g/mol. The summed E-state index contributed by atoms with van der Waals surface area (Å²) in [5, 5.41) is 3.60. The van der Waals surface area contributed by atoms with E-state index in [9.17, 15) is 22.8 Å². The number of nitrogens with one attached hydrogen (secondary N) is 1. The summed E-state index contributed by atoms with van der Waals surface area (Å²) < 4.78 is 52.1. The van der Waals surface area contributed by atoms with Gasteiger partial charge in [0.2, 0.25) is 5.91 Å². The van der Waals surface area contributed by atoms with Crippen molar-refractivity contribution in [1.82, 2.24) is 14.8 Å². The van der Waals surface area contributed by atoms with Crippen molar-refractivity contribution >= 4 is 5.91 Å². The van der Waals surface area contributed by atoms with E-state index in [1.54, 1.807) is 12.0 Å². The van der Waals surface area contributed by atoms with Crippen LogP contribution in [0.1, 0.15) is 37.9 Å². The van der Waals surface area contributed by atoms with Crippen LogP contribution in [0.25, 0.3) is 0 Å². The summed E-state index contributed by atoms with van der Waals surface area (Å²) in [5.41, 5.74) is -2.23. The lowest BCUT2D eigenvalue weighted by Gasteiger charge is -2.40. The van der Waals surface area contributed by atoms with Crippen molar-refractivity contribution in [3.05, 3.63) is 45.9 Å². The second kappa shape index (κ2) is 9.47. The number of hydrogen-bond acceptors (Lipinski definition) is 5. The molecule has 0 spiro atoms. The second-order valence-electron chi connectivity index (χ2n) is 9.73. The molecule has 0 radical (unpaired) electrons. The first-order chi connectivity index (χ1) is 16.0. The number of nitrogens with zero attached hydrogens (tertiary/aromatic N) is 2. The molecule has 0 aromatic carbocycles. The Hall–Kier alpha value is -2.17. The average Bonchev–Trinajstić information content (AvgIpc) is 3.23. The predicted octanol–water partition coefficient (Wildman–Crippen LogP) is 2.57. The fourth-order valence-electron chi connectivity index (χ4n) is 5.31. The molecule has 1 saturated heterocycles. The van der Waals surface area contributed by atoms with Gasteiger partial charge in [0.15, 0.2) is 0 Å². The highest BCUT2D eigenvalue weighted by Crippen LogP contribution is 2.42. The Morgan fingerprint density at radius 2 is 2.06 bits per heavy atom. The Bertz CT molecular complexity index is 1010. The highest BCUT2D eigenvalue weighted by atomic mass is 19.4. The zero-order valence-corrected chi connectivity index (χ0v) is 19.7. The summed E-state index contributed by atoms with van der Waals surface area (Å²) in [6.07, 6.45) is 0.661. The molecule has 0 bridgehead atoms. The first kappa shape index (κ1) is 24.9. The van der Waals surface area contributed by atoms with Crippen molar-refractivity contribution in [3.8, 4) is 0 Å². The van der Waals surface area contributed by atoms with Gasteiger partial charge in [-0.3, -0.25) is 9.59 Å². The van der Waals surface area contributed by atoms with Crippen LogP contribution in [-0.4, -0.2) is 60.4 Å². The summed E-state index contributed by atoms with van der Waals surface area (Å²) in [4.78, 5) is 27.6.